The maximum absolute atomic E-state index is 10.9. The lowest BCUT2D eigenvalue weighted by molar-refractivity contribution is -0.155. The minimum atomic E-state index is -0.0759. The Bertz CT molecular complexity index is 163. The molecule has 2 nitrogen and oxygen atoms in total. The van der Waals surface area contributed by atoms with Gasteiger partial charge in [0.05, 0.1) is 6.42 Å². The zero-order chi connectivity index (χ0) is 8.27. The summed E-state index contributed by atoms with van der Waals surface area (Å²) in [5, 5.41) is 0. The molecule has 0 spiro atoms. The molecule has 1 aliphatic rings. The van der Waals surface area contributed by atoms with Crippen molar-refractivity contribution in [1.29, 1.82) is 0 Å². The van der Waals surface area contributed by atoms with Crippen LogP contribution in [0.15, 0.2) is 12.7 Å². The van der Waals surface area contributed by atoms with E-state index in [0.29, 0.717) is 12.3 Å². The number of allylic oxidation sites excluding steroid dienone is 1. The highest BCUT2D eigenvalue weighted by atomic mass is 16.5. The fourth-order valence-corrected chi connectivity index (χ4v) is 1.35. The number of ether oxygens (including phenoxy) is 1. The minimum Gasteiger partial charge on any atom is -0.462 e. The Morgan fingerprint density at radius 3 is 3.09 bits per heavy atom. The lowest BCUT2D eigenvalue weighted by atomic mass is 9.94. The zero-order valence-corrected chi connectivity index (χ0v) is 6.88. The summed E-state index contributed by atoms with van der Waals surface area (Å²) >= 11 is 0. The molecule has 11 heavy (non-hydrogen) atoms. The molecular formula is C9H14O2. The molecule has 62 valence electrons. The number of hydrogen-bond donors (Lipinski definition) is 0. The Morgan fingerprint density at radius 2 is 2.55 bits per heavy atom. The molecular weight excluding hydrogens is 140 g/mol. The molecule has 0 aliphatic carbocycles. The third-order valence-corrected chi connectivity index (χ3v) is 2.08. The predicted octanol–water partition coefficient (Wildman–Crippen LogP) is 1.90. The molecule has 0 aromatic rings. The quantitative estimate of drug-likeness (QED) is 0.448. The summed E-state index contributed by atoms with van der Waals surface area (Å²) in [6.07, 6.45) is 4.35. The molecule has 0 radical (unpaired) electrons. The number of esters is 1. The van der Waals surface area contributed by atoms with Crippen molar-refractivity contribution in [1.82, 2.24) is 0 Å². The second kappa shape index (κ2) is 3.56. The van der Waals surface area contributed by atoms with E-state index in [2.05, 4.69) is 6.58 Å². The van der Waals surface area contributed by atoms with Crippen LogP contribution in [0.5, 0.6) is 0 Å². The number of carbonyl (C=O) groups is 1. The van der Waals surface area contributed by atoms with Gasteiger partial charge in [0.1, 0.15) is 6.10 Å². The van der Waals surface area contributed by atoms with Crippen molar-refractivity contribution in [2.24, 2.45) is 5.92 Å². The second-order valence-electron chi connectivity index (χ2n) is 2.96. The van der Waals surface area contributed by atoms with Crippen LogP contribution in [0, 0.1) is 5.92 Å². The minimum absolute atomic E-state index is 0.0759. The lowest BCUT2D eigenvalue weighted by Gasteiger charge is -2.25. The highest BCUT2D eigenvalue weighted by Gasteiger charge is 2.24. The Kier molecular flexibility index (Phi) is 2.69. The van der Waals surface area contributed by atoms with E-state index in [1.54, 1.807) is 0 Å². The van der Waals surface area contributed by atoms with Crippen molar-refractivity contribution in [2.75, 3.05) is 0 Å². The first-order valence-corrected chi connectivity index (χ1v) is 4.08. The van der Waals surface area contributed by atoms with Crippen molar-refractivity contribution < 1.29 is 9.53 Å². The van der Waals surface area contributed by atoms with Crippen LogP contribution in [0.4, 0.5) is 0 Å². The average Bonchev–Trinajstić information content (AvgIpc) is 2.03. The molecule has 1 fully saturated rings. The van der Waals surface area contributed by atoms with Crippen LogP contribution < -0.4 is 0 Å². The summed E-state index contributed by atoms with van der Waals surface area (Å²) in [5.41, 5.74) is 0. The smallest absolute Gasteiger partial charge is 0.306 e. The van der Waals surface area contributed by atoms with Gasteiger partial charge in [-0.1, -0.05) is 13.0 Å². The van der Waals surface area contributed by atoms with Gasteiger partial charge in [-0.3, -0.25) is 4.79 Å². The maximum atomic E-state index is 10.9. The monoisotopic (exact) mass is 154 g/mol. The van der Waals surface area contributed by atoms with Crippen LogP contribution in [-0.4, -0.2) is 12.1 Å². The second-order valence-corrected chi connectivity index (χ2v) is 2.96. The fourth-order valence-electron chi connectivity index (χ4n) is 1.35. The lowest BCUT2D eigenvalue weighted by Crippen LogP contribution is -2.27. The molecule has 0 saturated carbocycles. The van der Waals surface area contributed by atoms with E-state index in [4.69, 9.17) is 4.74 Å². The molecule has 1 heterocycles. The third kappa shape index (κ3) is 2.07. The van der Waals surface area contributed by atoms with Crippen molar-refractivity contribution in [3.63, 3.8) is 0 Å². The number of carbonyl (C=O) groups excluding carboxylic acids is 1. The van der Waals surface area contributed by atoms with Crippen LogP contribution >= 0.6 is 0 Å². The SMILES string of the molecule is C=C[C@H]1CC(=O)O[C@H](CC)C1. The van der Waals surface area contributed by atoms with E-state index in [-0.39, 0.29) is 12.1 Å². The van der Waals surface area contributed by atoms with Gasteiger partial charge in [0, 0.05) is 0 Å². The zero-order valence-electron chi connectivity index (χ0n) is 6.88. The molecule has 0 amide bonds. The number of cyclic esters (lactones) is 1. The molecule has 0 aromatic carbocycles. The van der Waals surface area contributed by atoms with E-state index < -0.39 is 0 Å². The molecule has 1 rings (SSSR count). The molecule has 0 unspecified atom stereocenters. The molecule has 1 saturated heterocycles. The van der Waals surface area contributed by atoms with E-state index >= 15 is 0 Å². The van der Waals surface area contributed by atoms with Crippen molar-refractivity contribution in [2.45, 2.75) is 32.3 Å². The Balaban J connectivity index is 2.50. The van der Waals surface area contributed by atoms with Crippen LogP contribution in [0.25, 0.3) is 0 Å². The van der Waals surface area contributed by atoms with Gasteiger partial charge in [0.2, 0.25) is 0 Å². The van der Waals surface area contributed by atoms with Gasteiger partial charge in [-0.05, 0) is 18.8 Å². The van der Waals surface area contributed by atoms with Gasteiger partial charge >= 0.3 is 5.97 Å². The van der Waals surface area contributed by atoms with Crippen LogP contribution in [0.2, 0.25) is 0 Å². The van der Waals surface area contributed by atoms with Gasteiger partial charge in [0.15, 0.2) is 0 Å². The van der Waals surface area contributed by atoms with Gasteiger partial charge in [-0.2, -0.15) is 0 Å². The van der Waals surface area contributed by atoms with Gasteiger partial charge < -0.3 is 4.74 Å². The topological polar surface area (TPSA) is 26.3 Å². The standard InChI is InChI=1S/C9H14O2/c1-3-7-5-8(4-2)11-9(10)6-7/h3,7-8H,1,4-6H2,2H3/t7-,8-/m1/s1. The summed E-state index contributed by atoms with van der Waals surface area (Å²) in [6, 6.07) is 0. The predicted molar refractivity (Wildman–Crippen MR) is 43.1 cm³/mol. The van der Waals surface area contributed by atoms with Gasteiger partial charge in [-0.25, -0.2) is 0 Å². The molecule has 2 heteroatoms. The third-order valence-electron chi connectivity index (χ3n) is 2.08. The molecule has 0 bridgehead atoms. The summed E-state index contributed by atoms with van der Waals surface area (Å²) in [5.74, 6) is 0.259. The van der Waals surface area contributed by atoms with E-state index in [9.17, 15) is 4.79 Å². The summed E-state index contributed by atoms with van der Waals surface area (Å²) in [6.45, 7) is 5.71. The first-order valence-electron chi connectivity index (χ1n) is 4.08. The fraction of sp³-hybridized carbons (Fsp3) is 0.667. The first-order chi connectivity index (χ1) is 5.26. The van der Waals surface area contributed by atoms with Gasteiger partial charge in [-0.15, -0.1) is 6.58 Å². The summed E-state index contributed by atoms with van der Waals surface area (Å²) < 4.78 is 5.08. The van der Waals surface area contributed by atoms with Crippen LogP contribution in [0.1, 0.15) is 26.2 Å². The highest BCUT2D eigenvalue weighted by molar-refractivity contribution is 5.70. The van der Waals surface area contributed by atoms with Crippen LogP contribution in [0.3, 0.4) is 0 Å². The van der Waals surface area contributed by atoms with E-state index in [1.165, 1.54) is 0 Å². The van der Waals surface area contributed by atoms with Crippen LogP contribution in [-0.2, 0) is 9.53 Å². The normalized spacial score (nSPS) is 31.2. The van der Waals surface area contributed by atoms with E-state index in [1.807, 2.05) is 13.0 Å². The largest absolute Gasteiger partial charge is 0.462 e. The summed E-state index contributed by atoms with van der Waals surface area (Å²) in [7, 11) is 0. The average molecular weight is 154 g/mol. The molecule has 1 aliphatic heterocycles. The number of hydrogen-bond acceptors (Lipinski definition) is 2. The van der Waals surface area contributed by atoms with E-state index in [0.717, 1.165) is 12.8 Å². The Labute approximate surface area is 67.2 Å². The number of rotatable bonds is 2. The first kappa shape index (κ1) is 8.31. The molecule has 0 N–H and O–H groups in total. The van der Waals surface area contributed by atoms with Crippen molar-refractivity contribution in [3.05, 3.63) is 12.7 Å². The Hall–Kier alpha value is -0.790. The summed E-state index contributed by atoms with van der Waals surface area (Å²) in [4.78, 5) is 10.9. The Morgan fingerprint density at radius 1 is 1.82 bits per heavy atom. The maximum Gasteiger partial charge on any atom is 0.306 e. The van der Waals surface area contributed by atoms with Crippen molar-refractivity contribution in [3.8, 4) is 0 Å². The van der Waals surface area contributed by atoms with Gasteiger partial charge in [0.25, 0.3) is 0 Å². The van der Waals surface area contributed by atoms with Crippen molar-refractivity contribution >= 4 is 5.97 Å². The highest BCUT2D eigenvalue weighted by Crippen LogP contribution is 2.23. The molecule has 0 aromatic heterocycles. The molecule has 2 atom stereocenters.